The summed E-state index contributed by atoms with van der Waals surface area (Å²) in [7, 11) is 1.61. The van der Waals surface area contributed by atoms with E-state index in [-0.39, 0.29) is 11.6 Å². The van der Waals surface area contributed by atoms with Crippen LogP contribution in [0.2, 0.25) is 0 Å². The summed E-state index contributed by atoms with van der Waals surface area (Å²) in [5.74, 6) is -0.414. The molecule has 10 heteroatoms. The highest BCUT2D eigenvalue weighted by atomic mass is 19.1. The average Bonchev–Trinajstić information content (AvgIpc) is 2.90. The molecule has 36 heavy (non-hydrogen) atoms. The molecule has 2 aromatic heterocycles. The Labute approximate surface area is 206 Å². The fourth-order valence-electron chi connectivity index (χ4n) is 3.39. The number of nitrogens with two attached hydrogens (primary N) is 1. The van der Waals surface area contributed by atoms with E-state index < -0.39 is 11.7 Å². The van der Waals surface area contributed by atoms with Gasteiger partial charge in [-0.05, 0) is 42.0 Å². The zero-order valence-corrected chi connectivity index (χ0v) is 19.4. The number of halogens is 1. The van der Waals surface area contributed by atoms with Gasteiger partial charge in [0, 0.05) is 48.5 Å². The van der Waals surface area contributed by atoms with E-state index in [0.717, 1.165) is 22.5 Å². The summed E-state index contributed by atoms with van der Waals surface area (Å²) < 4.78 is 14.8. The molecule has 2 heterocycles. The third kappa shape index (κ3) is 5.50. The van der Waals surface area contributed by atoms with Crippen molar-refractivity contribution in [2.24, 2.45) is 10.7 Å². The van der Waals surface area contributed by atoms with Crippen molar-refractivity contribution in [1.29, 1.82) is 0 Å². The lowest BCUT2D eigenvalue weighted by atomic mass is 10.1. The van der Waals surface area contributed by atoms with Gasteiger partial charge in [-0.15, -0.1) is 0 Å². The van der Waals surface area contributed by atoms with Crippen LogP contribution in [-0.2, 0) is 4.79 Å². The number of aromatic nitrogens is 3. The fourth-order valence-corrected chi connectivity index (χ4v) is 3.39. The minimum atomic E-state index is -0.536. The van der Waals surface area contributed by atoms with E-state index in [1.807, 2.05) is 30.3 Å². The number of allylic oxidation sites excluding steroid dienone is 1. The van der Waals surface area contributed by atoms with E-state index >= 15 is 0 Å². The zero-order chi connectivity index (χ0) is 25.5. The second-order valence-corrected chi connectivity index (χ2v) is 7.51. The monoisotopic (exact) mass is 482 g/mol. The van der Waals surface area contributed by atoms with Gasteiger partial charge >= 0.3 is 0 Å². The summed E-state index contributed by atoms with van der Waals surface area (Å²) in [6.45, 7) is 3.43. The number of nitrogens with zero attached hydrogens (tertiary/aromatic N) is 4. The quantitative estimate of drug-likeness (QED) is 0.213. The number of benzene rings is 2. The molecule has 0 aliphatic heterocycles. The number of rotatable bonds is 8. The standard InChI is InChI=1S/C26H23FN8O/c1-3-24(36)32-18-8-9-21(27)23(12-18)34-25-20(15-31-26(35-25)33-19(13-28)14-29-2)17-7-6-16-5-4-10-30-22(16)11-17/h3-15H,1,28H2,2H3,(H,32,36)(H2,31,33,34,35). The smallest absolute Gasteiger partial charge is 0.247 e. The third-order valence-electron chi connectivity index (χ3n) is 5.08. The van der Waals surface area contributed by atoms with Crippen molar-refractivity contribution in [2.45, 2.75) is 0 Å². The maximum Gasteiger partial charge on any atom is 0.247 e. The summed E-state index contributed by atoms with van der Waals surface area (Å²) in [6.07, 6.45) is 7.30. The molecule has 9 nitrogen and oxygen atoms in total. The first-order valence-electron chi connectivity index (χ1n) is 10.8. The van der Waals surface area contributed by atoms with Gasteiger partial charge in [-0.2, -0.15) is 4.98 Å². The predicted molar refractivity (Wildman–Crippen MR) is 142 cm³/mol. The van der Waals surface area contributed by atoms with E-state index in [0.29, 0.717) is 22.8 Å². The number of fused-ring (bicyclic) bond motifs is 1. The molecule has 0 aliphatic rings. The minimum absolute atomic E-state index is 0.103. The Bertz CT molecular complexity index is 1500. The van der Waals surface area contributed by atoms with Gasteiger partial charge in [-0.25, -0.2) is 9.37 Å². The lowest BCUT2D eigenvalue weighted by Gasteiger charge is -2.15. The van der Waals surface area contributed by atoms with Crippen LogP contribution in [0.5, 0.6) is 0 Å². The molecule has 0 spiro atoms. The lowest BCUT2D eigenvalue weighted by molar-refractivity contribution is -0.111. The first kappa shape index (κ1) is 24.0. The molecule has 1 amide bonds. The van der Waals surface area contributed by atoms with Crippen LogP contribution < -0.4 is 21.7 Å². The zero-order valence-electron chi connectivity index (χ0n) is 19.4. The van der Waals surface area contributed by atoms with Gasteiger partial charge in [0.05, 0.1) is 16.9 Å². The van der Waals surface area contributed by atoms with Crippen molar-refractivity contribution in [3.8, 4) is 11.1 Å². The minimum Gasteiger partial charge on any atom is -0.403 e. The Morgan fingerprint density at radius 2 is 2.00 bits per heavy atom. The summed E-state index contributed by atoms with van der Waals surface area (Å²) >= 11 is 0. The molecule has 0 saturated heterocycles. The van der Waals surface area contributed by atoms with Crippen LogP contribution in [0.25, 0.3) is 22.0 Å². The maximum atomic E-state index is 14.8. The van der Waals surface area contributed by atoms with Crippen molar-refractivity contribution in [2.75, 3.05) is 23.0 Å². The Hall–Kier alpha value is -5.12. The lowest BCUT2D eigenvalue weighted by Crippen LogP contribution is -2.10. The van der Waals surface area contributed by atoms with Crippen LogP contribution >= 0.6 is 0 Å². The molecule has 0 saturated carbocycles. The summed E-state index contributed by atoms with van der Waals surface area (Å²) in [4.78, 5) is 29.0. The maximum absolute atomic E-state index is 14.8. The van der Waals surface area contributed by atoms with Crippen LogP contribution in [0.15, 0.2) is 90.5 Å². The van der Waals surface area contributed by atoms with Gasteiger partial charge in [0.2, 0.25) is 11.9 Å². The van der Waals surface area contributed by atoms with Crippen molar-refractivity contribution >= 4 is 46.2 Å². The van der Waals surface area contributed by atoms with Crippen LogP contribution in [0.3, 0.4) is 0 Å². The highest BCUT2D eigenvalue weighted by Crippen LogP contribution is 2.32. The molecule has 2 aromatic carbocycles. The highest BCUT2D eigenvalue weighted by Gasteiger charge is 2.14. The van der Waals surface area contributed by atoms with Gasteiger partial charge in [0.25, 0.3) is 0 Å². The number of nitrogens with one attached hydrogen (secondary N) is 3. The number of anilines is 4. The van der Waals surface area contributed by atoms with Crippen molar-refractivity contribution in [1.82, 2.24) is 15.0 Å². The molecule has 0 radical (unpaired) electrons. The van der Waals surface area contributed by atoms with E-state index in [4.69, 9.17) is 5.73 Å². The van der Waals surface area contributed by atoms with Crippen LogP contribution in [0.1, 0.15) is 0 Å². The first-order valence-corrected chi connectivity index (χ1v) is 10.8. The molecular weight excluding hydrogens is 459 g/mol. The fraction of sp³-hybridized carbons (Fsp3) is 0.0385. The Morgan fingerprint density at radius 1 is 1.14 bits per heavy atom. The van der Waals surface area contributed by atoms with E-state index in [2.05, 4.69) is 42.5 Å². The number of amides is 1. The average molecular weight is 483 g/mol. The number of pyridine rings is 1. The number of aliphatic imine (C=N–C) groups is 1. The Balaban J connectivity index is 1.79. The summed E-state index contributed by atoms with van der Waals surface area (Å²) in [6, 6.07) is 13.7. The first-order chi connectivity index (χ1) is 17.5. The van der Waals surface area contributed by atoms with Gasteiger partial charge in [-0.1, -0.05) is 24.8 Å². The number of hydrogen-bond donors (Lipinski definition) is 4. The second kappa shape index (κ2) is 10.9. The summed E-state index contributed by atoms with van der Waals surface area (Å²) in [5.41, 5.74) is 8.78. The molecule has 0 fully saturated rings. The molecule has 180 valence electrons. The summed E-state index contributed by atoms with van der Waals surface area (Å²) in [5, 5.41) is 9.60. The van der Waals surface area contributed by atoms with Crippen molar-refractivity contribution in [3.05, 3.63) is 91.3 Å². The molecule has 0 bridgehead atoms. The highest BCUT2D eigenvalue weighted by molar-refractivity contribution is 5.99. The Morgan fingerprint density at radius 3 is 2.78 bits per heavy atom. The number of carbonyl (C=O) groups excluding carboxylic acids is 1. The molecule has 5 N–H and O–H groups in total. The van der Waals surface area contributed by atoms with E-state index in [1.54, 1.807) is 19.4 Å². The molecule has 0 aliphatic carbocycles. The number of carbonyl (C=O) groups is 1. The van der Waals surface area contributed by atoms with Crippen LogP contribution in [-0.4, -0.2) is 34.1 Å². The van der Waals surface area contributed by atoms with Crippen LogP contribution in [0, 0.1) is 5.82 Å². The molecule has 4 rings (SSSR count). The van der Waals surface area contributed by atoms with E-state index in [1.165, 1.54) is 30.6 Å². The number of hydrogen-bond acceptors (Lipinski definition) is 8. The normalized spacial score (nSPS) is 11.4. The topological polar surface area (TPSA) is 130 Å². The van der Waals surface area contributed by atoms with Crippen LogP contribution in [0.4, 0.5) is 27.5 Å². The SMILES string of the molecule is C=CC(=O)Nc1ccc(F)c(Nc2nc(NC(C=NC)=CN)ncc2-c2ccc3cccnc3c2)c1. The molecule has 0 atom stereocenters. The Kier molecular flexibility index (Phi) is 7.25. The second-order valence-electron chi connectivity index (χ2n) is 7.51. The molecule has 0 unspecified atom stereocenters. The van der Waals surface area contributed by atoms with Gasteiger partial charge in [0.15, 0.2) is 0 Å². The van der Waals surface area contributed by atoms with Crippen molar-refractivity contribution < 1.29 is 9.18 Å². The molecule has 4 aromatic rings. The largest absolute Gasteiger partial charge is 0.403 e. The molecular formula is C26H23FN8O. The predicted octanol–water partition coefficient (Wildman–Crippen LogP) is 4.61. The van der Waals surface area contributed by atoms with Gasteiger partial charge in [0.1, 0.15) is 11.6 Å². The van der Waals surface area contributed by atoms with Crippen molar-refractivity contribution in [3.63, 3.8) is 0 Å². The van der Waals surface area contributed by atoms with Gasteiger partial charge in [-0.3, -0.25) is 14.8 Å². The third-order valence-corrected chi connectivity index (χ3v) is 5.08. The van der Waals surface area contributed by atoms with Gasteiger partial charge < -0.3 is 21.7 Å². The van der Waals surface area contributed by atoms with E-state index in [9.17, 15) is 9.18 Å².